The van der Waals surface area contributed by atoms with E-state index in [-0.39, 0.29) is 0 Å². The van der Waals surface area contributed by atoms with Crippen LogP contribution in [0.5, 0.6) is 0 Å². The lowest BCUT2D eigenvalue weighted by atomic mass is 10.3. The lowest BCUT2D eigenvalue weighted by Crippen LogP contribution is -1.62. The van der Waals surface area contributed by atoms with Gasteiger partial charge in [0.25, 0.3) is 0 Å². The number of hydrogen-bond donors (Lipinski definition) is 0. The molecule has 9 heavy (non-hydrogen) atoms. The summed E-state index contributed by atoms with van der Waals surface area (Å²) < 4.78 is 0. The first-order chi connectivity index (χ1) is 4.50. The summed E-state index contributed by atoms with van der Waals surface area (Å²) in [6.45, 7) is 0. The minimum absolute atomic E-state index is 1.06. The molecule has 0 unspecified atom stereocenters. The SMILES string of the molecule is [CH]1/C=C/C/C=C\C=C\C1. The van der Waals surface area contributed by atoms with Gasteiger partial charge in [-0.05, 0) is 19.3 Å². The summed E-state index contributed by atoms with van der Waals surface area (Å²) in [6, 6.07) is 0. The Morgan fingerprint density at radius 3 is 2.22 bits per heavy atom. The highest BCUT2D eigenvalue weighted by molar-refractivity contribution is 5.11. The van der Waals surface area contributed by atoms with E-state index in [1.807, 2.05) is 0 Å². The van der Waals surface area contributed by atoms with Gasteiger partial charge in [0.15, 0.2) is 0 Å². The third-order valence-electron chi connectivity index (χ3n) is 1.20. The maximum atomic E-state index is 2.16. The van der Waals surface area contributed by atoms with Crippen LogP contribution in [0, 0.1) is 6.42 Å². The topological polar surface area (TPSA) is 0 Å². The Hall–Kier alpha value is -0.780. The maximum absolute atomic E-state index is 2.16. The van der Waals surface area contributed by atoms with Gasteiger partial charge in [0, 0.05) is 0 Å². The molecule has 1 rings (SSSR count). The standard InChI is InChI=1S/C9H11/c1-2-4-6-8-9-7-5-3-1/h1-4,7-9H,5-6H2/b3-1-,4-2+,9-7+. The van der Waals surface area contributed by atoms with Crippen molar-refractivity contribution in [1.29, 1.82) is 0 Å². The van der Waals surface area contributed by atoms with Crippen molar-refractivity contribution in [2.24, 2.45) is 0 Å². The molecule has 47 valence electrons. The fourth-order valence-electron chi connectivity index (χ4n) is 0.725. The van der Waals surface area contributed by atoms with Gasteiger partial charge in [-0.2, -0.15) is 0 Å². The first-order valence-corrected chi connectivity index (χ1v) is 3.30. The van der Waals surface area contributed by atoms with E-state index in [1.165, 1.54) is 0 Å². The van der Waals surface area contributed by atoms with Crippen molar-refractivity contribution >= 4 is 0 Å². The van der Waals surface area contributed by atoms with Crippen molar-refractivity contribution in [3.8, 4) is 0 Å². The maximum Gasteiger partial charge on any atom is -0.0133 e. The fraction of sp³-hybridized carbons (Fsp3) is 0.222. The Morgan fingerprint density at radius 1 is 0.667 bits per heavy atom. The molecule has 0 atom stereocenters. The van der Waals surface area contributed by atoms with Gasteiger partial charge in [0.1, 0.15) is 0 Å². The summed E-state index contributed by atoms with van der Waals surface area (Å²) in [5.41, 5.74) is 0. The third kappa shape index (κ3) is 2.91. The van der Waals surface area contributed by atoms with Gasteiger partial charge in [-0.15, -0.1) is 0 Å². The molecule has 0 saturated carbocycles. The molecule has 0 nitrogen and oxygen atoms in total. The van der Waals surface area contributed by atoms with Gasteiger partial charge < -0.3 is 0 Å². The second-order valence-electron chi connectivity index (χ2n) is 1.99. The summed E-state index contributed by atoms with van der Waals surface area (Å²) in [6.07, 6.45) is 17.0. The van der Waals surface area contributed by atoms with Crippen molar-refractivity contribution in [3.05, 3.63) is 42.9 Å². The molecule has 0 aromatic heterocycles. The third-order valence-corrected chi connectivity index (χ3v) is 1.20. The molecule has 0 aromatic carbocycles. The molecule has 1 radical (unpaired) electrons. The minimum Gasteiger partial charge on any atom is -0.0844 e. The Morgan fingerprint density at radius 2 is 1.33 bits per heavy atom. The molecule has 0 amide bonds. The van der Waals surface area contributed by atoms with Crippen molar-refractivity contribution in [2.45, 2.75) is 12.8 Å². The molecule has 1 aliphatic carbocycles. The molecule has 0 bridgehead atoms. The minimum atomic E-state index is 1.06. The predicted molar refractivity (Wildman–Crippen MR) is 41.0 cm³/mol. The predicted octanol–water partition coefficient (Wildman–Crippen LogP) is 2.65. The Balaban J connectivity index is 2.43. The van der Waals surface area contributed by atoms with Crippen LogP contribution in [0.2, 0.25) is 0 Å². The molecular weight excluding hydrogens is 108 g/mol. The number of rotatable bonds is 0. The van der Waals surface area contributed by atoms with Crippen molar-refractivity contribution in [2.75, 3.05) is 0 Å². The van der Waals surface area contributed by atoms with E-state index < -0.39 is 0 Å². The molecule has 0 heterocycles. The highest BCUT2D eigenvalue weighted by atomic mass is 13.8. The number of hydrogen-bond acceptors (Lipinski definition) is 0. The Kier molecular flexibility index (Phi) is 2.91. The van der Waals surface area contributed by atoms with E-state index in [4.69, 9.17) is 0 Å². The summed E-state index contributed by atoms with van der Waals surface area (Å²) >= 11 is 0. The zero-order valence-electron chi connectivity index (χ0n) is 5.46. The van der Waals surface area contributed by atoms with Crippen LogP contribution in [0.1, 0.15) is 12.8 Å². The average molecular weight is 119 g/mol. The van der Waals surface area contributed by atoms with E-state index >= 15 is 0 Å². The van der Waals surface area contributed by atoms with E-state index in [0.717, 1.165) is 12.8 Å². The van der Waals surface area contributed by atoms with Crippen LogP contribution >= 0.6 is 0 Å². The number of allylic oxidation sites excluding steroid dienone is 6. The quantitative estimate of drug-likeness (QED) is 0.460. The summed E-state index contributed by atoms with van der Waals surface area (Å²) in [5.74, 6) is 0. The van der Waals surface area contributed by atoms with Crippen LogP contribution in [0.15, 0.2) is 36.5 Å². The normalized spacial score (nSPS) is 29.3. The molecule has 0 spiro atoms. The molecule has 0 aliphatic heterocycles. The highest BCUT2D eigenvalue weighted by Crippen LogP contribution is 1.97. The van der Waals surface area contributed by atoms with Gasteiger partial charge in [-0.25, -0.2) is 0 Å². The molecule has 0 fully saturated rings. The average Bonchev–Trinajstić information content (AvgIpc) is 2.00. The van der Waals surface area contributed by atoms with E-state index in [0.29, 0.717) is 0 Å². The lowest BCUT2D eigenvalue weighted by Gasteiger charge is -1.80. The van der Waals surface area contributed by atoms with Crippen LogP contribution in [0.25, 0.3) is 0 Å². The monoisotopic (exact) mass is 119 g/mol. The lowest BCUT2D eigenvalue weighted by molar-refractivity contribution is 1.28. The van der Waals surface area contributed by atoms with Crippen LogP contribution in [0.4, 0.5) is 0 Å². The second-order valence-corrected chi connectivity index (χ2v) is 1.99. The molecular formula is C9H11. The summed E-state index contributed by atoms with van der Waals surface area (Å²) in [5, 5.41) is 0. The largest absolute Gasteiger partial charge is 0.0844 e. The molecule has 0 aromatic rings. The summed E-state index contributed by atoms with van der Waals surface area (Å²) in [4.78, 5) is 0. The van der Waals surface area contributed by atoms with Gasteiger partial charge in [-0.3, -0.25) is 0 Å². The van der Waals surface area contributed by atoms with Crippen LogP contribution in [0.3, 0.4) is 0 Å². The van der Waals surface area contributed by atoms with Gasteiger partial charge in [-0.1, -0.05) is 36.5 Å². The van der Waals surface area contributed by atoms with E-state index in [2.05, 4.69) is 42.9 Å². The highest BCUT2D eigenvalue weighted by Gasteiger charge is 1.78. The summed E-state index contributed by atoms with van der Waals surface area (Å²) in [7, 11) is 0. The van der Waals surface area contributed by atoms with Gasteiger partial charge in [0.05, 0.1) is 0 Å². The Labute approximate surface area is 56.6 Å². The first kappa shape index (κ1) is 6.34. The van der Waals surface area contributed by atoms with E-state index in [9.17, 15) is 0 Å². The molecule has 1 aliphatic rings. The zero-order valence-corrected chi connectivity index (χ0v) is 5.46. The van der Waals surface area contributed by atoms with Crippen molar-refractivity contribution < 1.29 is 0 Å². The molecule has 0 heteroatoms. The van der Waals surface area contributed by atoms with Crippen molar-refractivity contribution in [1.82, 2.24) is 0 Å². The second kappa shape index (κ2) is 4.13. The first-order valence-electron chi connectivity index (χ1n) is 3.30. The van der Waals surface area contributed by atoms with Crippen LogP contribution in [-0.2, 0) is 0 Å². The molecule has 0 N–H and O–H groups in total. The van der Waals surface area contributed by atoms with E-state index in [1.54, 1.807) is 0 Å². The molecule has 0 saturated heterocycles. The smallest absolute Gasteiger partial charge is 0.0133 e. The van der Waals surface area contributed by atoms with Crippen LogP contribution in [-0.4, -0.2) is 0 Å². The Bertz CT molecular complexity index is 138. The van der Waals surface area contributed by atoms with Gasteiger partial charge in [0.2, 0.25) is 0 Å². The van der Waals surface area contributed by atoms with Crippen molar-refractivity contribution in [3.63, 3.8) is 0 Å². The van der Waals surface area contributed by atoms with Gasteiger partial charge >= 0.3 is 0 Å². The van der Waals surface area contributed by atoms with Crippen LogP contribution < -0.4 is 0 Å². The zero-order chi connectivity index (χ0) is 6.36. The fourth-order valence-corrected chi connectivity index (χ4v) is 0.725.